The lowest BCUT2D eigenvalue weighted by Gasteiger charge is -2.14. The van der Waals surface area contributed by atoms with Gasteiger partial charge < -0.3 is 4.74 Å². The van der Waals surface area contributed by atoms with Gasteiger partial charge in [0.1, 0.15) is 5.75 Å². The van der Waals surface area contributed by atoms with E-state index in [0.717, 1.165) is 11.4 Å². The molecule has 0 atom stereocenters. The highest BCUT2D eigenvalue weighted by Gasteiger charge is 2.10. The fraction of sp³-hybridized carbons (Fsp3) is 0.312. The Balaban J connectivity index is 2.33. The Labute approximate surface area is 119 Å². The predicted octanol–water partition coefficient (Wildman–Crippen LogP) is 5.04. The molecule has 0 saturated carbocycles. The summed E-state index contributed by atoms with van der Waals surface area (Å²) in [7, 11) is 0. The molecular weight excluding hydrogens is 258 g/mol. The van der Waals surface area contributed by atoms with Crippen LogP contribution in [0.5, 0.6) is 11.6 Å². The van der Waals surface area contributed by atoms with Crippen LogP contribution in [0.2, 0.25) is 0 Å². The van der Waals surface area contributed by atoms with Crippen molar-refractivity contribution in [3.8, 4) is 11.6 Å². The molecule has 0 radical (unpaired) electrons. The summed E-state index contributed by atoms with van der Waals surface area (Å²) in [5, 5.41) is 0. The van der Waals surface area contributed by atoms with Crippen LogP contribution < -0.4 is 4.74 Å². The van der Waals surface area contributed by atoms with Crippen molar-refractivity contribution in [3.63, 3.8) is 0 Å². The van der Waals surface area contributed by atoms with Crippen LogP contribution >= 0.6 is 11.6 Å². The Morgan fingerprint density at radius 2 is 2.00 bits per heavy atom. The van der Waals surface area contributed by atoms with Gasteiger partial charge >= 0.3 is 0 Å². The predicted molar refractivity (Wildman–Crippen MR) is 79.1 cm³/mol. The summed E-state index contributed by atoms with van der Waals surface area (Å²) in [5.74, 6) is 2.26. The number of nitrogens with zero attached hydrogens (tertiary/aromatic N) is 1. The molecule has 1 aromatic heterocycles. The van der Waals surface area contributed by atoms with Crippen molar-refractivity contribution in [2.24, 2.45) is 0 Å². The molecule has 0 unspecified atom stereocenters. The number of hydrogen-bond acceptors (Lipinski definition) is 2. The molecule has 2 nitrogen and oxygen atoms in total. The lowest BCUT2D eigenvalue weighted by atomic mass is 10.0. The first kappa shape index (κ1) is 13.9. The zero-order valence-electron chi connectivity index (χ0n) is 11.5. The van der Waals surface area contributed by atoms with Gasteiger partial charge in [0.2, 0.25) is 5.88 Å². The number of aromatic nitrogens is 1. The van der Waals surface area contributed by atoms with Gasteiger partial charge in [-0.05, 0) is 36.1 Å². The topological polar surface area (TPSA) is 22.1 Å². The molecule has 100 valence electrons. The van der Waals surface area contributed by atoms with Gasteiger partial charge in [-0.1, -0.05) is 32.0 Å². The van der Waals surface area contributed by atoms with Gasteiger partial charge in [-0.15, -0.1) is 11.6 Å². The Morgan fingerprint density at radius 1 is 1.21 bits per heavy atom. The van der Waals surface area contributed by atoms with E-state index in [4.69, 9.17) is 16.3 Å². The normalized spacial score (nSPS) is 10.8. The molecule has 2 rings (SSSR count). The van der Waals surface area contributed by atoms with E-state index in [2.05, 4.69) is 37.9 Å². The van der Waals surface area contributed by atoms with Crippen molar-refractivity contribution < 1.29 is 4.74 Å². The first-order chi connectivity index (χ1) is 9.10. The fourth-order valence-corrected chi connectivity index (χ4v) is 2.06. The zero-order valence-corrected chi connectivity index (χ0v) is 12.2. The monoisotopic (exact) mass is 275 g/mol. The van der Waals surface area contributed by atoms with Crippen LogP contribution in [0, 0.1) is 6.92 Å². The number of pyridine rings is 1. The number of alkyl halides is 1. The van der Waals surface area contributed by atoms with Crippen molar-refractivity contribution in [2.45, 2.75) is 32.6 Å². The summed E-state index contributed by atoms with van der Waals surface area (Å²) >= 11 is 5.79. The SMILES string of the molecule is Cc1ccc(C(C)C)c(Oc2cccc(CCl)n2)c1. The summed E-state index contributed by atoms with van der Waals surface area (Å²) in [6.07, 6.45) is 0. The second kappa shape index (κ2) is 6.07. The second-order valence-electron chi connectivity index (χ2n) is 4.90. The van der Waals surface area contributed by atoms with Gasteiger partial charge in [-0.25, -0.2) is 4.98 Å². The quantitative estimate of drug-likeness (QED) is 0.729. The molecule has 3 heteroatoms. The molecule has 0 aliphatic rings. The number of hydrogen-bond donors (Lipinski definition) is 0. The highest BCUT2D eigenvalue weighted by Crippen LogP contribution is 2.30. The first-order valence-corrected chi connectivity index (χ1v) is 6.94. The van der Waals surface area contributed by atoms with Crippen molar-refractivity contribution >= 4 is 11.6 Å². The van der Waals surface area contributed by atoms with Crippen molar-refractivity contribution in [3.05, 3.63) is 53.2 Å². The van der Waals surface area contributed by atoms with Gasteiger partial charge in [-0.2, -0.15) is 0 Å². The summed E-state index contributed by atoms with van der Waals surface area (Å²) < 4.78 is 5.92. The average molecular weight is 276 g/mol. The van der Waals surface area contributed by atoms with Gasteiger partial charge in [0.25, 0.3) is 0 Å². The van der Waals surface area contributed by atoms with Crippen molar-refractivity contribution in [1.82, 2.24) is 4.98 Å². The highest BCUT2D eigenvalue weighted by atomic mass is 35.5. The van der Waals surface area contributed by atoms with Gasteiger partial charge in [0.15, 0.2) is 0 Å². The minimum absolute atomic E-state index is 0.391. The average Bonchev–Trinajstić information content (AvgIpc) is 2.38. The Kier molecular flexibility index (Phi) is 4.43. The van der Waals surface area contributed by atoms with Gasteiger partial charge in [-0.3, -0.25) is 0 Å². The van der Waals surface area contributed by atoms with Crippen LogP contribution in [0.3, 0.4) is 0 Å². The van der Waals surface area contributed by atoms with Crippen LogP contribution in [0.1, 0.15) is 36.6 Å². The van der Waals surface area contributed by atoms with E-state index >= 15 is 0 Å². The Bertz CT molecular complexity index is 566. The largest absolute Gasteiger partial charge is 0.439 e. The Hall–Kier alpha value is -1.54. The molecule has 19 heavy (non-hydrogen) atoms. The van der Waals surface area contributed by atoms with Crippen LogP contribution in [-0.2, 0) is 5.88 Å². The third-order valence-corrected chi connectivity index (χ3v) is 3.20. The van der Waals surface area contributed by atoms with E-state index in [-0.39, 0.29) is 0 Å². The molecule has 0 N–H and O–H groups in total. The molecule has 0 fully saturated rings. The van der Waals surface area contributed by atoms with E-state index in [1.54, 1.807) is 0 Å². The molecule has 0 bridgehead atoms. The highest BCUT2D eigenvalue weighted by molar-refractivity contribution is 6.16. The maximum atomic E-state index is 5.92. The molecule has 0 saturated heterocycles. The lowest BCUT2D eigenvalue weighted by molar-refractivity contribution is 0.452. The minimum atomic E-state index is 0.391. The first-order valence-electron chi connectivity index (χ1n) is 6.40. The third kappa shape index (κ3) is 3.48. The smallest absolute Gasteiger partial charge is 0.219 e. The lowest BCUT2D eigenvalue weighted by Crippen LogP contribution is -1.97. The van der Waals surface area contributed by atoms with E-state index in [9.17, 15) is 0 Å². The van der Waals surface area contributed by atoms with E-state index in [0.29, 0.717) is 17.7 Å². The standard InChI is InChI=1S/C16H18ClNO/c1-11(2)14-8-7-12(3)9-15(14)19-16-6-4-5-13(10-17)18-16/h4-9,11H,10H2,1-3H3. The van der Waals surface area contributed by atoms with Crippen LogP contribution in [-0.4, -0.2) is 4.98 Å². The second-order valence-corrected chi connectivity index (χ2v) is 5.17. The molecular formula is C16H18ClNO. The van der Waals surface area contributed by atoms with Crippen molar-refractivity contribution in [1.29, 1.82) is 0 Å². The number of aryl methyl sites for hydroxylation is 1. The van der Waals surface area contributed by atoms with E-state index in [1.807, 2.05) is 24.3 Å². The Morgan fingerprint density at radius 3 is 2.68 bits per heavy atom. The summed E-state index contributed by atoms with van der Waals surface area (Å²) in [5.41, 5.74) is 3.18. The fourth-order valence-electron chi connectivity index (χ4n) is 1.91. The minimum Gasteiger partial charge on any atom is -0.439 e. The number of benzene rings is 1. The van der Waals surface area contributed by atoms with Gasteiger partial charge in [0.05, 0.1) is 11.6 Å². The third-order valence-electron chi connectivity index (χ3n) is 2.92. The zero-order chi connectivity index (χ0) is 13.8. The molecule has 0 aliphatic carbocycles. The molecule has 0 spiro atoms. The van der Waals surface area contributed by atoms with E-state index < -0.39 is 0 Å². The number of halogens is 1. The number of ether oxygens (including phenoxy) is 1. The summed E-state index contributed by atoms with van der Waals surface area (Å²) in [6.45, 7) is 6.36. The number of rotatable bonds is 4. The molecule has 1 aromatic carbocycles. The van der Waals surface area contributed by atoms with Crippen LogP contribution in [0.25, 0.3) is 0 Å². The van der Waals surface area contributed by atoms with E-state index in [1.165, 1.54) is 11.1 Å². The maximum absolute atomic E-state index is 5.92. The summed E-state index contributed by atoms with van der Waals surface area (Å²) in [4.78, 5) is 4.36. The van der Waals surface area contributed by atoms with Crippen molar-refractivity contribution in [2.75, 3.05) is 0 Å². The van der Waals surface area contributed by atoms with Gasteiger partial charge in [0, 0.05) is 6.07 Å². The van der Waals surface area contributed by atoms with Crippen LogP contribution in [0.4, 0.5) is 0 Å². The molecule has 1 heterocycles. The molecule has 0 amide bonds. The summed E-state index contributed by atoms with van der Waals surface area (Å²) in [6, 6.07) is 11.9. The van der Waals surface area contributed by atoms with Crippen LogP contribution in [0.15, 0.2) is 36.4 Å². The molecule has 0 aliphatic heterocycles. The maximum Gasteiger partial charge on any atom is 0.219 e. The molecule has 2 aromatic rings.